The van der Waals surface area contributed by atoms with Crippen molar-refractivity contribution in [1.29, 1.82) is 0 Å². The molecule has 120 valence electrons. The zero-order valence-corrected chi connectivity index (χ0v) is 13.5. The van der Waals surface area contributed by atoms with Gasteiger partial charge < -0.3 is 14.9 Å². The summed E-state index contributed by atoms with van der Waals surface area (Å²) in [5, 5.41) is 20.4. The minimum atomic E-state index is -0.0677. The van der Waals surface area contributed by atoms with E-state index < -0.39 is 0 Å². The molecule has 0 aromatic heterocycles. The van der Waals surface area contributed by atoms with E-state index in [1.165, 1.54) is 11.1 Å². The van der Waals surface area contributed by atoms with Crippen LogP contribution in [-0.4, -0.2) is 35.3 Å². The first kappa shape index (κ1) is 14.4. The van der Waals surface area contributed by atoms with E-state index in [0.717, 1.165) is 41.8 Å². The summed E-state index contributed by atoms with van der Waals surface area (Å²) in [6, 6.07) is 7.96. The minimum absolute atomic E-state index is 0.0231. The Morgan fingerprint density at radius 1 is 1.22 bits per heavy atom. The number of nitrogens with zero attached hydrogens (tertiary/aromatic N) is 1. The Labute approximate surface area is 135 Å². The summed E-state index contributed by atoms with van der Waals surface area (Å²) in [5.41, 5.74) is 5.40. The predicted octanol–water partition coefficient (Wildman–Crippen LogP) is 3.25. The van der Waals surface area contributed by atoms with Crippen LogP contribution in [0.1, 0.15) is 29.7 Å². The molecule has 1 heterocycles. The standard InChI is InChI=1S/C19H21NO3/c1-3-23-13-8-12-6-7-20(2)15-9-11-4-5-16(21)19(22)18(11)14(10-13)17(12)15/h4-5,8,10,15,21-22H,3,6-7,9H2,1-2H3. The lowest BCUT2D eigenvalue weighted by Gasteiger charge is -2.40. The molecule has 0 saturated carbocycles. The first-order chi connectivity index (χ1) is 11.1. The number of fused-ring (bicyclic) bond motifs is 2. The van der Waals surface area contributed by atoms with Gasteiger partial charge in [0.2, 0.25) is 0 Å². The van der Waals surface area contributed by atoms with Crippen LogP contribution >= 0.6 is 0 Å². The van der Waals surface area contributed by atoms with Crippen molar-refractivity contribution >= 4 is 0 Å². The van der Waals surface area contributed by atoms with Gasteiger partial charge in [-0.3, -0.25) is 4.90 Å². The number of benzene rings is 2. The van der Waals surface area contributed by atoms with E-state index >= 15 is 0 Å². The van der Waals surface area contributed by atoms with Crippen molar-refractivity contribution in [3.05, 3.63) is 41.0 Å². The molecule has 0 radical (unpaired) electrons. The third-order valence-corrected chi connectivity index (χ3v) is 5.07. The van der Waals surface area contributed by atoms with E-state index in [-0.39, 0.29) is 11.5 Å². The minimum Gasteiger partial charge on any atom is -0.504 e. The van der Waals surface area contributed by atoms with E-state index in [4.69, 9.17) is 4.74 Å². The number of likely N-dealkylation sites (N-methyl/N-ethyl adjacent to an activating group) is 1. The van der Waals surface area contributed by atoms with Crippen molar-refractivity contribution in [2.75, 3.05) is 20.2 Å². The number of hydrogen-bond donors (Lipinski definition) is 2. The van der Waals surface area contributed by atoms with Crippen LogP contribution in [0.15, 0.2) is 24.3 Å². The summed E-state index contributed by atoms with van der Waals surface area (Å²) < 4.78 is 5.73. The highest BCUT2D eigenvalue weighted by atomic mass is 16.5. The monoisotopic (exact) mass is 311 g/mol. The van der Waals surface area contributed by atoms with Gasteiger partial charge in [-0.2, -0.15) is 0 Å². The number of aromatic hydroxyl groups is 2. The molecule has 4 rings (SSSR count). The molecule has 0 saturated heterocycles. The second kappa shape index (κ2) is 5.17. The highest BCUT2D eigenvalue weighted by Crippen LogP contribution is 2.51. The molecule has 1 aliphatic carbocycles. The molecule has 23 heavy (non-hydrogen) atoms. The zero-order valence-electron chi connectivity index (χ0n) is 13.5. The Kier molecular flexibility index (Phi) is 3.23. The van der Waals surface area contributed by atoms with Gasteiger partial charge in [0.05, 0.1) is 6.61 Å². The topological polar surface area (TPSA) is 52.9 Å². The van der Waals surface area contributed by atoms with Gasteiger partial charge in [0, 0.05) is 18.2 Å². The Morgan fingerprint density at radius 2 is 2.04 bits per heavy atom. The lowest BCUT2D eigenvalue weighted by Crippen LogP contribution is -2.35. The number of phenols is 2. The van der Waals surface area contributed by atoms with Crippen LogP contribution in [0.4, 0.5) is 0 Å². The Bertz CT molecular complexity index is 785. The van der Waals surface area contributed by atoms with Gasteiger partial charge >= 0.3 is 0 Å². The average Bonchev–Trinajstić information content (AvgIpc) is 2.54. The predicted molar refractivity (Wildman–Crippen MR) is 89.2 cm³/mol. The van der Waals surface area contributed by atoms with Crippen molar-refractivity contribution in [2.45, 2.75) is 25.8 Å². The number of ether oxygens (including phenoxy) is 1. The van der Waals surface area contributed by atoms with Crippen LogP contribution in [0.5, 0.6) is 17.2 Å². The molecule has 1 aliphatic heterocycles. The molecule has 2 N–H and O–H groups in total. The number of phenolic OH excluding ortho intramolecular Hbond substituents is 2. The van der Waals surface area contributed by atoms with Crippen molar-refractivity contribution in [3.63, 3.8) is 0 Å². The smallest absolute Gasteiger partial charge is 0.165 e. The summed E-state index contributed by atoms with van der Waals surface area (Å²) in [6.45, 7) is 3.60. The van der Waals surface area contributed by atoms with E-state index in [2.05, 4.69) is 18.0 Å². The molecule has 4 heteroatoms. The summed E-state index contributed by atoms with van der Waals surface area (Å²) >= 11 is 0. The molecule has 1 atom stereocenters. The van der Waals surface area contributed by atoms with Crippen LogP contribution < -0.4 is 4.74 Å². The second-order valence-corrected chi connectivity index (χ2v) is 6.39. The fourth-order valence-corrected chi connectivity index (χ4v) is 3.97. The molecule has 0 spiro atoms. The molecule has 4 nitrogen and oxygen atoms in total. The molecule has 2 aromatic carbocycles. The molecular weight excluding hydrogens is 290 g/mol. The third-order valence-electron chi connectivity index (χ3n) is 5.07. The SMILES string of the molecule is CCOc1cc2c3c(c1)-c1c(ccc(O)c1O)CC3N(C)CC2. The summed E-state index contributed by atoms with van der Waals surface area (Å²) in [7, 11) is 2.15. The van der Waals surface area contributed by atoms with Gasteiger partial charge in [-0.05, 0) is 67.3 Å². The van der Waals surface area contributed by atoms with E-state index in [1.807, 2.05) is 19.1 Å². The summed E-state index contributed by atoms with van der Waals surface area (Å²) in [4.78, 5) is 2.37. The first-order valence-corrected chi connectivity index (χ1v) is 8.14. The molecule has 0 bridgehead atoms. The maximum Gasteiger partial charge on any atom is 0.165 e. The maximum absolute atomic E-state index is 10.4. The average molecular weight is 311 g/mol. The molecule has 1 unspecified atom stereocenters. The Hall–Kier alpha value is -2.20. The van der Waals surface area contributed by atoms with E-state index in [0.29, 0.717) is 12.6 Å². The van der Waals surface area contributed by atoms with Gasteiger partial charge in [-0.25, -0.2) is 0 Å². The summed E-state index contributed by atoms with van der Waals surface area (Å²) in [6.07, 6.45) is 1.83. The fourth-order valence-electron chi connectivity index (χ4n) is 3.97. The van der Waals surface area contributed by atoms with Gasteiger partial charge in [0.1, 0.15) is 5.75 Å². The van der Waals surface area contributed by atoms with Gasteiger partial charge in [-0.1, -0.05) is 6.07 Å². The molecular formula is C19H21NO3. The van der Waals surface area contributed by atoms with Crippen LogP contribution in [0.25, 0.3) is 11.1 Å². The van der Waals surface area contributed by atoms with E-state index in [9.17, 15) is 10.2 Å². The normalized spacial score (nSPS) is 19.1. The highest BCUT2D eigenvalue weighted by Gasteiger charge is 2.35. The first-order valence-electron chi connectivity index (χ1n) is 8.14. The second-order valence-electron chi connectivity index (χ2n) is 6.39. The number of hydrogen-bond acceptors (Lipinski definition) is 4. The van der Waals surface area contributed by atoms with Crippen molar-refractivity contribution < 1.29 is 14.9 Å². The van der Waals surface area contributed by atoms with Gasteiger partial charge in [0.15, 0.2) is 11.5 Å². The van der Waals surface area contributed by atoms with Crippen LogP contribution in [-0.2, 0) is 12.8 Å². The van der Waals surface area contributed by atoms with Crippen LogP contribution in [0, 0.1) is 0 Å². The Morgan fingerprint density at radius 3 is 2.83 bits per heavy atom. The lowest BCUT2D eigenvalue weighted by molar-refractivity contribution is 0.227. The quantitative estimate of drug-likeness (QED) is 0.836. The molecule has 0 fully saturated rings. The zero-order chi connectivity index (χ0) is 16.1. The molecule has 2 aromatic rings. The summed E-state index contributed by atoms with van der Waals surface area (Å²) in [5.74, 6) is 0.743. The maximum atomic E-state index is 10.4. The van der Waals surface area contributed by atoms with Crippen molar-refractivity contribution in [1.82, 2.24) is 4.90 Å². The van der Waals surface area contributed by atoms with Crippen molar-refractivity contribution in [2.24, 2.45) is 0 Å². The lowest BCUT2D eigenvalue weighted by atomic mass is 9.76. The highest BCUT2D eigenvalue weighted by molar-refractivity contribution is 5.83. The Balaban J connectivity index is 2.02. The van der Waals surface area contributed by atoms with E-state index in [1.54, 1.807) is 6.07 Å². The van der Waals surface area contributed by atoms with Crippen LogP contribution in [0.3, 0.4) is 0 Å². The number of rotatable bonds is 2. The molecule has 0 amide bonds. The van der Waals surface area contributed by atoms with Crippen molar-refractivity contribution in [3.8, 4) is 28.4 Å². The van der Waals surface area contributed by atoms with Gasteiger partial charge in [0.25, 0.3) is 0 Å². The third kappa shape index (κ3) is 2.09. The van der Waals surface area contributed by atoms with Gasteiger partial charge in [-0.15, -0.1) is 0 Å². The fraction of sp³-hybridized carbons (Fsp3) is 0.368. The van der Waals surface area contributed by atoms with Crippen LogP contribution in [0.2, 0.25) is 0 Å². The largest absolute Gasteiger partial charge is 0.504 e. The molecule has 2 aliphatic rings.